The molecule has 0 radical (unpaired) electrons. The number of anilines is 1. The van der Waals surface area contributed by atoms with Crippen molar-refractivity contribution in [3.63, 3.8) is 0 Å². The van der Waals surface area contributed by atoms with E-state index in [-0.39, 0.29) is 11.9 Å². The molecule has 0 spiro atoms. The number of carbonyl (C=O) groups is 1. The summed E-state index contributed by atoms with van der Waals surface area (Å²) >= 11 is 0. The molecule has 104 valence electrons. The highest BCUT2D eigenvalue weighted by Crippen LogP contribution is 2.19. The topological polar surface area (TPSA) is 68.0 Å². The van der Waals surface area contributed by atoms with Crippen LogP contribution in [0.4, 0.5) is 5.69 Å². The van der Waals surface area contributed by atoms with Crippen molar-refractivity contribution in [3.8, 4) is 0 Å². The molecule has 0 fully saturated rings. The molecule has 2 aromatic rings. The lowest BCUT2D eigenvalue weighted by Crippen LogP contribution is -2.27. The smallest absolute Gasteiger partial charge is 0.270 e. The van der Waals surface area contributed by atoms with Crippen LogP contribution in [0.3, 0.4) is 0 Å². The summed E-state index contributed by atoms with van der Waals surface area (Å²) in [5.41, 5.74) is 9.94. The number of amides is 1. The van der Waals surface area contributed by atoms with E-state index in [2.05, 4.69) is 28.5 Å². The van der Waals surface area contributed by atoms with Gasteiger partial charge in [-0.2, -0.15) is 0 Å². The van der Waals surface area contributed by atoms with Crippen molar-refractivity contribution in [1.82, 2.24) is 10.3 Å². The number of hydrogen-bond acceptors (Lipinski definition) is 3. The van der Waals surface area contributed by atoms with Crippen LogP contribution in [0, 0.1) is 13.8 Å². The Kier molecular flexibility index (Phi) is 4.03. The minimum atomic E-state index is -0.196. The van der Waals surface area contributed by atoms with Crippen LogP contribution in [0.5, 0.6) is 0 Å². The van der Waals surface area contributed by atoms with Crippen LogP contribution in [0.15, 0.2) is 36.5 Å². The SMILES string of the molecule is Cc1ccc(C)c(C(C)NC(=O)c2ccc(N)cn2)c1. The average Bonchev–Trinajstić information content (AvgIpc) is 2.42. The summed E-state index contributed by atoms with van der Waals surface area (Å²) in [7, 11) is 0. The van der Waals surface area contributed by atoms with E-state index in [1.165, 1.54) is 11.8 Å². The first-order valence-corrected chi connectivity index (χ1v) is 6.57. The van der Waals surface area contributed by atoms with Gasteiger partial charge in [0.05, 0.1) is 17.9 Å². The highest BCUT2D eigenvalue weighted by molar-refractivity contribution is 5.92. The van der Waals surface area contributed by atoms with Crippen LogP contribution >= 0.6 is 0 Å². The Morgan fingerprint density at radius 3 is 2.65 bits per heavy atom. The van der Waals surface area contributed by atoms with Crippen LogP contribution in [0.25, 0.3) is 0 Å². The Morgan fingerprint density at radius 2 is 2.00 bits per heavy atom. The fourth-order valence-electron chi connectivity index (χ4n) is 2.11. The highest BCUT2D eigenvalue weighted by atomic mass is 16.1. The number of nitrogens with one attached hydrogen (secondary N) is 1. The maximum absolute atomic E-state index is 12.1. The van der Waals surface area contributed by atoms with Crippen molar-refractivity contribution in [2.75, 3.05) is 5.73 Å². The molecule has 3 N–H and O–H groups in total. The van der Waals surface area contributed by atoms with Gasteiger partial charge in [0.15, 0.2) is 0 Å². The zero-order valence-electron chi connectivity index (χ0n) is 12.0. The Labute approximate surface area is 119 Å². The van der Waals surface area contributed by atoms with Gasteiger partial charge in [-0.25, -0.2) is 4.98 Å². The second-order valence-corrected chi connectivity index (χ2v) is 5.03. The molecule has 0 saturated heterocycles. The summed E-state index contributed by atoms with van der Waals surface area (Å²) < 4.78 is 0. The van der Waals surface area contributed by atoms with E-state index >= 15 is 0 Å². The summed E-state index contributed by atoms with van der Waals surface area (Å²) in [5.74, 6) is -0.196. The van der Waals surface area contributed by atoms with Crippen molar-refractivity contribution in [2.45, 2.75) is 26.8 Å². The van der Waals surface area contributed by atoms with E-state index in [1.54, 1.807) is 12.1 Å². The number of aryl methyl sites for hydroxylation is 2. The molecule has 0 bridgehead atoms. The number of nitrogen functional groups attached to an aromatic ring is 1. The first-order valence-electron chi connectivity index (χ1n) is 6.57. The summed E-state index contributed by atoms with van der Waals surface area (Å²) in [5, 5.41) is 2.96. The molecule has 20 heavy (non-hydrogen) atoms. The molecule has 4 heteroatoms. The van der Waals surface area contributed by atoms with E-state index in [0.717, 1.165) is 11.1 Å². The normalized spacial score (nSPS) is 11.9. The van der Waals surface area contributed by atoms with Gasteiger partial charge in [-0.15, -0.1) is 0 Å². The fraction of sp³-hybridized carbons (Fsp3) is 0.250. The van der Waals surface area contributed by atoms with Gasteiger partial charge in [0.1, 0.15) is 5.69 Å². The third-order valence-corrected chi connectivity index (χ3v) is 3.27. The molecular formula is C16H19N3O. The Bertz CT molecular complexity index is 620. The third kappa shape index (κ3) is 3.15. The van der Waals surface area contributed by atoms with Gasteiger partial charge in [-0.3, -0.25) is 4.79 Å². The van der Waals surface area contributed by atoms with Gasteiger partial charge in [-0.1, -0.05) is 23.8 Å². The molecule has 0 aliphatic rings. The number of pyridine rings is 1. The van der Waals surface area contributed by atoms with Gasteiger partial charge in [0.25, 0.3) is 5.91 Å². The van der Waals surface area contributed by atoms with Gasteiger partial charge in [0, 0.05) is 0 Å². The van der Waals surface area contributed by atoms with Crippen molar-refractivity contribution in [1.29, 1.82) is 0 Å². The average molecular weight is 269 g/mol. The molecular weight excluding hydrogens is 250 g/mol. The molecule has 0 saturated carbocycles. The number of nitrogens with two attached hydrogens (primary N) is 1. The molecule has 1 atom stereocenters. The number of benzene rings is 1. The van der Waals surface area contributed by atoms with Crippen LogP contribution in [-0.2, 0) is 0 Å². The molecule has 1 aromatic heterocycles. The molecule has 1 heterocycles. The van der Waals surface area contributed by atoms with Crippen LogP contribution in [0.2, 0.25) is 0 Å². The summed E-state index contributed by atoms with van der Waals surface area (Å²) in [4.78, 5) is 16.1. The first kappa shape index (κ1) is 14.1. The number of rotatable bonds is 3. The van der Waals surface area contributed by atoms with Crippen molar-refractivity contribution in [2.24, 2.45) is 0 Å². The minimum Gasteiger partial charge on any atom is -0.397 e. The van der Waals surface area contributed by atoms with Crippen LogP contribution < -0.4 is 11.1 Å². The monoisotopic (exact) mass is 269 g/mol. The summed E-state index contributed by atoms with van der Waals surface area (Å²) in [6, 6.07) is 9.45. The van der Waals surface area contributed by atoms with E-state index in [9.17, 15) is 4.79 Å². The largest absolute Gasteiger partial charge is 0.397 e. The third-order valence-electron chi connectivity index (χ3n) is 3.27. The van der Waals surface area contributed by atoms with Gasteiger partial charge in [-0.05, 0) is 44.0 Å². The minimum absolute atomic E-state index is 0.0678. The van der Waals surface area contributed by atoms with Crippen LogP contribution in [0.1, 0.15) is 40.1 Å². The number of carbonyl (C=O) groups excluding carboxylic acids is 1. The summed E-state index contributed by atoms with van der Waals surface area (Å²) in [6.45, 7) is 6.05. The lowest BCUT2D eigenvalue weighted by molar-refractivity contribution is 0.0935. The van der Waals surface area contributed by atoms with Crippen molar-refractivity contribution in [3.05, 3.63) is 58.9 Å². The predicted octanol–water partition coefficient (Wildman–Crippen LogP) is 2.77. The predicted molar refractivity (Wildman–Crippen MR) is 80.4 cm³/mol. The van der Waals surface area contributed by atoms with Crippen molar-refractivity contribution < 1.29 is 4.79 Å². The number of nitrogens with zero attached hydrogens (tertiary/aromatic N) is 1. The van der Waals surface area contributed by atoms with E-state index < -0.39 is 0 Å². The molecule has 0 aliphatic carbocycles. The molecule has 0 aliphatic heterocycles. The van der Waals surface area contributed by atoms with Crippen molar-refractivity contribution >= 4 is 11.6 Å². The second kappa shape index (κ2) is 5.74. The van der Waals surface area contributed by atoms with Crippen LogP contribution in [-0.4, -0.2) is 10.9 Å². The Balaban J connectivity index is 2.15. The number of hydrogen-bond donors (Lipinski definition) is 2. The van der Waals surface area contributed by atoms with E-state index in [4.69, 9.17) is 5.73 Å². The first-order chi connectivity index (χ1) is 9.47. The Hall–Kier alpha value is -2.36. The molecule has 2 rings (SSSR count). The molecule has 1 unspecified atom stereocenters. The Morgan fingerprint density at radius 1 is 1.25 bits per heavy atom. The maximum Gasteiger partial charge on any atom is 0.270 e. The molecule has 1 aromatic carbocycles. The van der Waals surface area contributed by atoms with Gasteiger partial charge >= 0.3 is 0 Å². The molecule has 1 amide bonds. The van der Waals surface area contributed by atoms with E-state index in [0.29, 0.717) is 11.4 Å². The van der Waals surface area contributed by atoms with E-state index in [1.807, 2.05) is 20.8 Å². The zero-order chi connectivity index (χ0) is 14.7. The standard InChI is InChI=1S/C16H19N3O/c1-10-4-5-11(2)14(8-10)12(3)19-16(20)15-7-6-13(17)9-18-15/h4-9,12H,17H2,1-3H3,(H,19,20). The van der Waals surface area contributed by atoms with Gasteiger partial charge in [0.2, 0.25) is 0 Å². The molecule has 4 nitrogen and oxygen atoms in total. The fourth-order valence-corrected chi connectivity index (χ4v) is 2.11. The second-order valence-electron chi connectivity index (χ2n) is 5.03. The number of aromatic nitrogens is 1. The highest BCUT2D eigenvalue weighted by Gasteiger charge is 2.14. The zero-order valence-corrected chi connectivity index (χ0v) is 12.0. The van der Waals surface area contributed by atoms with Gasteiger partial charge < -0.3 is 11.1 Å². The summed E-state index contributed by atoms with van der Waals surface area (Å²) in [6.07, 6.45) is 1.48. The lowest BCUT2D eigenvalue weighted by atomic mass is 10.00. The lowest BCUT2D eigenvalue weighted by Gasteiger charge is -2.17. The maximum atomic E-state index is 12.1. The quantitative estimate of drug-likeness (QED) is 0.900.